The van der Waals surface area contributed by atoms with Crippen LogP contribution in [-0.2, 0) is 0 Å². The molecule has 5 heteroatoms. The lowest BCUT2D eigenvalue weighted by atomic mass is 9.82. The third-order valence-corrected chi connectivity index (χ3v) is 4.46. The quantitative estimate of drug-likeness (QED) is 0.814. The van der Waals surface area contributed by atoms with E-state index in [-0.39, 0.29) is 11.9 Å². The van der Waals surface area contributed by atoms with Gasteiger partial charge in [0.2, 0.25) is 0 Å². The molecule has 2 N–H and O–H groups in total. The third-order valence-electron chi connectivity index (χ3n) is 4.22. The van der Waals surface area contributed by atoms with Crippen molar-refractivity contribution in [1.82, 2.24) is 10.3 Å². The summed E-state index contributed by atoms with van der Waals surface area (Å²) in [6.45, 7) is 0. The second kappa shape index (κ2) is 7.69. The number of rotatable bonds is 2. The van der Waals surface area contributed by atoms with E-state index in [4.69, 9.17) is 11.6 Å². The summed E-state index contributed by atoms with van der Waals surface area (Å²) in [4.78, 5) is 16.3. The average molecular weight is 355 g/mol. The fourth-order valence-corrected chi connectivity index (χ4v) is 3.19. The van der Waals surface area contributed by atoms with Crippen molar-refractivity contribution in [3.8, 4) is 11.8 Å². The van der Waals surface area contributed by atoms with Crippen molar-refractivity contribution in [2.45, 2.75) is 37.3 Å². The number of amides is 1. The molecule has 1 unspecified atom stereocenters. The van der Waals surface area contributed by atoms with E-state index in [2.05, 4.69) is 22.1 Å². The van der Waals surface area contributed by atoms with Crippen LogP contribution in [0.25, 0.3) is 0 Å². The molecular weight excluding hydrogens is 336 g/mol. The smallest absolute Gasteiger partial charge is 0.270 e. The first-order valence-electron chi connectivity index (χ1n) is 8.27. The zero-order chi connectivity index (χ0) is 17.7. The van der Waals surface area contributed by atoms with Crippen LogP contribution in [-0.4, -0.2) is 27.6 Å². The number of aromatic nitrogens is 1. The lowest BCUT2D eigenvalue weighted by molar-refractivity contribution is 0.0451. The molecule has 25 heavy (non-hydrogen) atoms. The van der Waals surface area contributed by atoms with Crippen LogP contribution in [0.5, 0.6) is 0 Å². The number of halogens is 1. The van der Waals surface area contributed by atoms with Crippen molar-refractivity contribution < 1.29 is 9.90 Å². The molecule has 2 aromatic rings. The second-order valence-corrected chi connectivity index (χ2v) is 6.71. The van der Waals surface area contributed by atoms with Crippen LogP contribution in [0.4, 0.5) is 0 Å². The van der Waals surface area contributed by atoms with Crippen molar-refractivity contribution in [3.63, 3.8) is 0 Å². The maximum absolute atomic E-state index is 12.2. The van der Waals surface area contributed by atoms with E-state index < -0.39 is 5.60 Å². The zero-order valence-corrected chi connectivity index (χ0v) is 14.5. The second-order valence-electron chi connectivity index (χ2n) is 6.27. The maximum Gasteiger partial charge on any atom is 0.270 e. The Morgan fingerprint density at radius 1 is 1.32 bits per heavy atom. The molecule has 1 amide bonds. The van der Waals surface area contributed by atoms with Crippen LogP contribution in [0, 0.1) is 11.8 Å². The van der Waals surface area contributed by atoms with Crippen LogP contribution in [0.2, 0.25) is 5.02 Å². The molecule has 4 nitrogen and oxygen atoms in total. The monoisotopic (exact) mass is 354 g/mol. The summed E-state index contributed by atoms with van der Waals surface area (Å²) in [6, 6.07) is 12.3. The largest absolute Gasteiger partial charge is 0.378 e. The number of aliphatic hydroxyl groups is 1. The van der Waals surface area contributed by atoms with Gasteiger partial charge in [-0.05, 0) is 49.6 Å². The number of nitrogens with zero attached hydrogens (tertiary/aromatic N) is 1. The van der Waals surface area contributed by atoms with Crippen molar-refractivity contribution in [2.75, 3.05) is 0 Å². The van der Waals surface area contributed by atoms with E-state index in [9.17, 15) is 9.90 Å². The highest BCUT2D eigenvalue weighted by atomic mass is 35.5. The lowest BCUT2D eigenvalue weighted by Crippen LogP contribution is -2.45. The number of hydrogen-bond acceptors (Lipinski definition) is 3. The standard InChI is InChI=1S/C20H19ClN2O2/c21-16-6-3-5-15(13-16)9-11-20(25)10-4-7-17(14-20)23-19(24)18-8-1-2-12-22-18/h1-3,5-6,8,12-13,17,25H,4,7,10,14H2,(H,23,24)/t17-,20?/m0/s1. The Hall–Kier alpha value is -2.35. The van der Waals surface area contributed by atoms with Crippen LogP contribution in [0.1, 0.15) is 41.7 Å². The van der Waals surface area contributed by atoms with Gasteiger partial charge in [-0.2, -0.15) is 0 Å². The first-order valence-corrected chi connectivity index (χ1v) is 8.65. The van der Waals surface area contributed by atoms with Gasteiger partial charge in [-0.15, -0.1) is 0 Å². The summed E-state index contributed by atoms with van der Waals surface area (Å²) < 4.78 is 0. The van der Waals surface area contributed by atoms with E-state index >= 15 is 0 Å². The number of pyridine rings is 1. The average Bonchev–Trinajstić information content (AvgIpc) is 2.61. The first kappa shape index (κ1) is 17.5. The van der Waals surface area contributed by atoms with Crippen molar-refractivity contribution in [1.29, 1.82) is 0 Å². The summed E-state index contributed by atoms with van der Waals surface area (Å²) in [5.74, 6) is 5.73. The molecule has 1 heterocycles. The van der Waals surface area contributed by atoms with Crippen molar-refractivity contribution in [2.24, 2.45) is 0 Å². The lowest BCUT2D eigenvalue weighted by Gasteiger charge is -2.33. The van der Waals surface area contributed by atoms with Crippen molar-refractivity contribution in [3.05, 3.63) is 64.9 Å². The van der Waals surface area contributed by atoms with Gasteiger partial charge in [-0.1, -0.05) is 35.6 Å². The fourth-order valence-electron chi connectivity index (χ4n) is 3.00. The molecule has 1 saturated carbocycles. The van der Waals surface area contributed by atoms with Gasteiger partial charge in [0.25, 0.3) is 5.91 Å². The van der Waals surface area contributed by atoms with Crippen LogP contribution < -0.4 is 5.32 Å². The third kappa shape index (κ3) is 4.82. The fraction of sp³-hybridized carbons (Fsp3) is 0.300. The zero-order valence-electron chi connectivity index (χ0n) is 13.7. The SMILES string of the molecule is O=C(N[C@H]1CCCC(O)(C#Cc2cccc(Cl)c2)C1)c1ccccn1. The Labute approximate surface area is 152 Å². The number of nitrogens with one attached hydrogen (secondary N) is 1. The van der Waals surface area contributed by atoms with Gasteiger partial charge in [-0.25, -0.2) is 0 Å². The Morgan fingerprint density at radius 2 is 2.20 bits per heavy atom. The summed E-state index contributed by atoms with van der Waals surface area (Å²) in [5.41, 5.74) is 0.0324. The minimum Gasteiger partial charge on any atom is -0.378 e. The van der Waals surface area contributed by atoms with Crippen LogP contribution in [0.15, 0.2) is 48.7 Å². The molecule has 1 aliphatic carbocycles. The predicted octanol–water partition coefficient (Wildman–Crippen LogP) is 3.19. The first-order chi connectivity index (χ1) is 12.0. The van der Waals surface area contributed by atoms with E-state index in [0.717, 1.165) is 18.4 Å². The number of benzene rings is 1. The molecule has 0 spiro atoms. The molecule has 128 valence electrons. The summed E-state index contributed by atoms with van der Waals surface area (Å²) in [7, 11) is 0. The molecule has 0 radical (unpaired) electrons. The molecule has 2 atom stereocenters. The summed E-state index contributed by atoms with van der Waals surface area (Å²) in [6.07, 6.45) is 4.20. The maximum atomic E-state index is 12.2. The van der Waals surface area contributed by atoms with Gasteiger partial charge in [0, 0.05) is 29.2 Å². The Balaban J connectivity index is 1.67. The Bertz CT molecular complexity index is 813. The Kier molecular flexibility index (Phi) is 5.37. The highest BCUT2D eigenvalue weighted by Gasteiger charge is 2.33. The molecule has 0 aliphatic heterocycles. The van der Waals surface area contributed by atoms with E-state index in [1.165, 1.54) is 0 Å². The van der Waals surface area contributed by atoms with E-state index in [1.807, 2.05) is 12.1 Å². The van der Waals surface area contributed by atoms with E-state index in [1.54, 1.807) is 36.5 Å². The number of hydrogen-bond donors (Lipinski definition) is 2. The van der Waals surface area contributed by atoms with Gasteiger partial charge in [-0.3, -0.25) is 9.78 Å². The normalized spacial score (nSPS) is 22.6. The van der Waals surface area contributed by atoms with Gasteiger partial charge in [0.05, 0.1) is 0 Å². The van der Waals surface area contributed by atoms with Gasteiger partial charge in [0.1, 0.15) is 11.3 Å². The van der Waals surface area contributed by atoms with Gasteiger partial charge in [0.15, 0.2) is 0 Å². The number of carbonyl (C=O) groups is 1. The molecule has 1 fully saturated rings. The minimum atomic E-state index is -1.11. The molecule has 1 aromatic heterocycles. The molecule has 1 aliphatic rings. The predicted molar refractivity (Wildman–Crippen MR) is 97.2 cm³/mol. The molecular formula is C20H19ClN2O2. The van der Waals surface area contributed by atoms with Crippen LogP contribution in [0.3, 0.4) is 0 Å². The minimum absolute atomic E-state index is 0.123. The van der Waals surface area contributed by atoms with Crippen LogP contribution >= 0.6 is 11.6 Å². The van der Waals surface area contributed by atoms with Gasteiger partial charge >= 0.3 is 0 Å². The summed E-state index contributed by atoms with van der Waals surface area (Å²) in [5, 5.41) is 14.3. The highest BCUT2D eigenvalue weighted by Crippen LogP contribution is 2.28. The Morgan fingerprint density at radius 3 is 2.96 bits per heavy atom. The number of carbonyl (C=O) groups excluding carboxylic acids is 1. The highest BCUT2D eigenvalue weighted by molar-refractivity contribution is 6.30. The molecule has 3 rings (SSSR count). The van der Waals surface area contributed by atoms with Gasteiger partial charge < -0.3 is 10.4 Å². The van der Waals surface area contributed by atoms with Crippen molar-refractivity contribution >= 4 is 17.5 Å². The summed E-state index contributed by atoms with van der Waals surface area (Å²) >= 11 is 5.96. The molecule has 0 saturated heterocycles. The molecule has 1 aromatic carbocycles. The molecule has 0 bridgehead atoms. The topological polar surface area (TPSA) is 62.2 Å². The van der Waals surface area contributed by atoms with E-state index in [0.29, 0.717) is 23.6 Å².